The first-order chi connectivity index (χ1) is 9.10. The number of hydrogen-bond acceptors (Lipinski definition) is 1. The summed E-state index contributed by atoms with van der Waals surface area (Å²) in [6.45, 7) is 8.26. The van der Waals surface area contributed by atoms with Gasteiger partial charge in [0.15, 0.2) is 0 Å². The summed E-state index contributed by atoms with van der Waals surface area (Å²) < 4.78 is 0. The fourth-order valence-corrected chi connectivity index (χ4v) is 1.98. The lowest BCUT2D eigenvalue weighted by Crippen LogP contribution is -2.08. The van der Waals surface area contributed by atoms with Crippen LogP contribution in [-0.2, 0) is 0 Å². The molecule has 0 saturated heterocycles. The van der Waals surface area contributed by atoms with Gasteiger partial charge in [-0.25, -0.2) is 0 Å². The summed E-state index contributed by atoms with van der Waals surface area (Å²) in [6.07, 6.45) is 12.5. The highest BCUT2D eigenvalue weighted by Gasteiger charge is 2.06. The largest absolute Gasteiger partial charge is 0.389 e. The van der Waals surface area contributed by atoms with Crippen LogP contribution in [-0.4, -0.2) is 11.2 Å². The van der Waals surface area contributed by atoms with Crippen LogP contribution in [0.2, 0.25) is 0 Å². The van der Waals surface area contributed by atoms with Crippen LogP contribution in [0.4, 0.5) is 0 Å². The molecule has 0 heterocycles. The van der Waals surface area contributed by atoms with Gasteiger partial charge in [-0.05, 0) is 39.0 Å². The molecule has 108 valence electrons. The molecule has 0 unspecified atom stereocenters. The molecule has 2 atom stereocenters. The van der Waals surface area contributed by atoms with Crippen LogP contribution in [0.3, 0.4) is 0 Å². The van der Waals surface area contributed by atoms with Gasteiger partial charge in [0, 0.05) is 6.42 Å². The summed E-state index contributed by atoms with van der Waals surface area (Å²) in [6, 6.07) is 0. The van der Waals surface area contributed by atoms with Crippen molar-refractivity contribution in [2.75, 3.05) is 0 Å². The van der Waals surface area contributed by atoms with Gasteiger partial charge in [-0.15, -0.1) is 11.8 Å². The Labute approximate surface area is 119 Å². The molecule has 0 aromatic heterocycles. The minimum atomic E-state index is -0.353. The van der Waals surface area contributed by atoms with E-state index in [-0.39, 0.29) is 6.10 Å². The molecule has 0 saturated carbocycles. The molecule has 0 aromatic rings. The second kappa shape index (κ2) is 12.1. The van der Waals surface area contributed by atoms with E-state index in [0.717, 1.165) is 24.8 Å². The fourth-order valence-electron chi connectivity index (χ4n) is 1.98. The van der Waals surface area contributed by atoms with Crippen LogP contribution < -0.4 is 0 Å². The number of hydrogen-bond donors (Lipinski definition) is 1. The second-order valence-corrected chi connectivity index (χ2v) is 5.35. The van der Waals surface area contributed by atoms with Gasteiger partial charge in [0.2, 0.25) is 0 Å². The van der Waals surface area contributed by atoms with E-state index < -0.39 is 0 Å². The molecule has 0 amide bonds. The summed E-state index contributed by atoms with van der Waals surface area (Å²) >= 11 is 0. The summed E-state index contributed by atoms with van der Waals surface area (Å²) in [4.78, 5) is 0. The van der Waals surface area contributed by atoms with Crippen molar-refractivity contribution >= 4 is 0 Å². The van der Waals surface area contributed by atoms with Gasteiger partial charge in [0.25, 0.3) is 0 Å². The third-order valence-electron chi connectivity index (χ3n) is 3.08. The molecule has 0 radical (unpaired) electrons. The van der Waals surface area contributed by atoms with Crippen molar-refractivity contribution in [2.45, 2.75) is 72.3 Å². The number of rotatable bonds is 9. The van der Waals surface area contributed by atoms with Crippen LogP contribution >= 0.6 is 0 Å². The first-order valence-electron chi connectivity index (χ1n) is 7.52. The maximum Gasteiger partial charge on any atom is 0.0729 e. The second-order valence-electron chi connectivity index (χ2n) is 5.35. The smallest absolute Gasteiger partial charge is 0.0729 e. The van der Waals surface area contributed by atoms with E-state index in [4.69, 9.17) is 0 Å². The lowest BCUT2D eigenvalue weighted by atomic mass is 9.99. The molecule has 0 aliphatic rings. The summed E-state index contributed by atoms with van der Waals surface area (Å²) in [5.74, 6) is 6.41. The Morgan fingerprint density at radius 3 is 2.68 bits per heavy atom. The number of aliphatic hydroxyl groups is 1. The molecule has 0 rings (SSSR count). The first-order valence-corrected chi connectivity index (χ1v) is 7.52. The average Bonchev–Trinajstić information content (AvgIpc) is 2.35. The third kappa shape index (κ3) is 11.8. The summed E-state index contributed by atoms with van der Waals surface area (Å²) in [5, 5.41) is 9.97. The normalized spacial score (nSPS) is 15.1. The van der Waals surface area contributed by atoms with E-state index in [0.29, 0.717) is 5.92 Å². The Balaban J connectivity index is 4.00. The summed E-state index contributed by atoms with van der Waals surface area (Å²) in [5.41, 5.74) is 1.15. The molecule has 0 aliphatic carbocycles. The van der Waals surface area contributed by atoms with E-state index in [9.17, 15) is 5.11 Å². The Hall–Kier alpha value is -1.00. The van der Waals surface area contributed by atoms with E-state index in [1.54, 1.807) is 0 Å². The molecule has 0 fully saturated rings. The van der Waals surface area contributed by atoms with Crippen molar-refractivity contribution in [1.29, 1.82) is 0 Å². The highest BCUT2D eigenvalue weighted by Crippen LogP contribution is 2.12. The van der Waals surface area contributed by atoms with Gasteiger partial charge in [0.05, 0.1) is 6.10 Å². The van der Waals surface area contributed by atoms with Gasteiger partial charge >= 0.3 is 0 Å². The van der Waals surface area contributed by atoms with Crippen molar-refractivity contribution in [3.05, 3.63) is 23.8 Å². The average molecular weight is 262 g/mol. The molecule has 0 aliphatic heterocycles. The molecule has 0 spiro atoms. The van der Waals surface area contributed by atoms with Gasteiger partial charge in [-0.3, -0.25) is 0 Å². The number of unbranched alkanes of at least 4 members (excludes halogenated alkanes) is 3. The maximum atomic E-state index is 9.97. The Kier molecular flexibility index (Phi) is 11.4. The highest BCUT2D eigenvalue weighted by atomic mass is 16.3. The molecule has 1 N–H and O–H groups in total. The van der Waals surface area contributed by atoms with Gasteiger partial charge in [0.1, 0.15) is 0 Å². The number of aliphatic hydroxyl groups excluding tert-OH is 1. The maximum absolute atomic E-state index is 9.97. The van der Waals surface area contributed by atoms with E-state index in [1.807, 2.05) is 13.0 Å². The van der Waals surface area contributed by atoms with E-state index in [1.165, 1.54) is 19.3 Å². The van der Waals surface area contributed by atoms with Crippen LogP contribution in [0.25, 0.3) is 0 Å². The Morgan fingerprint density at radius 2 is 2.05 bits per heavy atom. The minimum absolute atomic E-state index is 0.353. The van der Waals surface area contributed by atoms with Crippen molar-refractivity contribution in [3.63, 3.8) is 0 Å². The summed E-state index contributed by atoms with van der Waals surface area (Å²) in [7, 11) is 0. The molecule has 1 nitrogen and oxygen atoms in total. The van der Waals surface area contributed by atoms with Gasteiger partial charge in [-0.1, -0.05) is 50.5 Å². The monoisotopic (exact) mass is 262 g/mol. The Bertz CT molecular complexity index is 327. The van der Waals surface area contributed by atoms with Gasteiger partial charge < -0.3 is 5.11 Å². The van der Waals surface area contributed by atoms with Crippen LogP contribution in [0, 0.1) is 17.8 Å². The zero-order valence-corrected chi connectivity index (χ0v) is 13.1. The predicted molar refractivity (Wildman–Crippen MR) is 84.9 cm³/mol. The molecule has 1 heteroatoms. The van der Waals surface area contributed by atoms with Crippen molar-refractivity contribution < 1.29 is 5.11 Å². The lowest BCUT2D eigenvalue weighted by Gasteiger charge is -2.11. The van der Waals surface area contributed by atoms with Crippen molar-refractivity contribution in [1.82, 2.24) is 0 Å². The predicted octanol–water partition coefficient (Wildman–Crippen LogP) is 4.87. The van der Waals surface area contributed by atoms with Gasteiger partial charge in [-0.2, -0.15) is 0 Å². The quantitative estimate of drug-likeness (QED) is 0.357. The molecular weight excluding hydrogens is 232 g/mol. The fraction of sp³-hybridized carbons (Fsp3) is 0.667. The van der Waals surface area contributed by atoms with Crippen molar-refractivity contribution in [2.24, 2.45) is 5.92 Å². The molecule has 19 heavy (non-hydrogen) atoms. The van der Waals surface area contributed by atoms with E-state index >= 15 is 0 Å². The zero-order valence-electron chi connectivity index (χ0n) is 13.1. The van der Waals surface area contributed by atoms with Crippen LogP contribution in [0.15, 0.2) is 23.8 Å². The van der Waals surface area contributed by atoms with Crippen molar-refractivity contribution in [3.8, 4) is 11.8 Å². The van der Waals surface area contributed by atoms with Crippen LogP contribution in [0.5, 0.6) is 0 Å². The van der Waals surface area contributed by atoms with E-state index in [2.05, 4.69) is 44.8 Å². The standard InChI is InChI=1S/C18H30O/c1-5-7-9-10-11-13-17(4)15-18(19)14-16(3)12-8-6-2/h11,13,15-16,18-19H,5,7,9-10,12,14H2,1-4H3/b13-11+,17-15+/t16-,18+/m1/s1. The zero-order chi connectivity index (χ0) is 14.5. The third-order valence-corrected chi connectivity index (χ3v) is 3.08. The molecule has 0 bridgehead atoms. The highest BCUT2D eigenvalue weighted by molar-refractivity contribution is 5.17. The SMILES string of the molecule is CC#CC[C@@H](C)C[C@H](O)/C=C(C)/C=C/CCCCC. The lowest BCUT2D eigenvalue weighted by molar-refractivity contribution is 0.191. The molecule has 0 aromatic carbocycles. The topological polar surface area (TPSA) is 20.2 Å². The first kappa shape index (κ1) is 18.0. The Morgan fingerprint density at radius 1 is 1.32 bits per heavy atom. The molecular formula is C18H30O. The van der Waals surface area contributed by atoms with Crippen LogP contribution in [0.1, 0.15) is 66.2 Å². The number of allylic oxidation sites excluding steroid dienone is 3. The minimum Gasteiger partial charge on any atom is -0.389 e.